The van der Waals surface area contributed by atoms with E-state index < -0.39 is 6.10 Å². The fourth-order valence-electron chi connectivity index (χ4n) is 4.24. The van der Waals surface area contributed by atoms with Crippen molar-refractivity contribution < 1.29 is 14.3 Å². The molecule has 2 aliphatic heterocycles. The summed E-state index contributed by atoms with van der Waals surface area (Å²) in [6.07, 6.45) is 3.36. The van der Waals surface area contributed by atoms with Crippen LogP contribution in [0, 0.1) is 5.82 Å². The number of nitrogens with one attached hydrogen (secondary N) is 2. The van der Waals surface area contributed by atoms with E-state index in [0.717, 1.165) is 12.8 Å². The summed E-state index contributed by atoms with van der Waals surface area (Å²) >= 11 is 6.34. The molecule has 5 rings (SSSR count). The van der Waals surface area contributed by atoms with E-state index in [2.05, 4.69) is 25.5 Å². The van der Waals surface area contributed by atoms with Crippen LogP contribution in [0.3, 0.4) is 0 Å². The van der Waals surface area contributed by atoms with Crippen molar-refractivity contribution >= 4 is 40.4 Å². The van der Waals surface area contributed by atoms with Gasteiger partial charge in [-0.15, -0.1) is 0 Å². The minimum atomic E-state index is -0.502. The third-order valence-electron chi connectivity index (χ3n) is 5.79. The maximum atomic E-state index is 13.8. The number of aromatic nitrogens is 4. The van der Waals surface area contributed by atoms with E-state index in [4.69, 9.17) is 11.6 Å². The number of H-pyrrole nitrogens is 1. The Morgan fingerprint density at radius 3 is 3.00 bits per heavy atom. The van der Waals surface area contributed by atoms with E-state index in [-0.39, 0.29) is 24.4 Å². The van der Waals surface area contributed by atoms with Crippen LogP contribution in [0.15, 0.2) is 24.4 Å². The number of hydrogen-bond donors (Lipinski definition) is 3. The molecule has 0 aliphatic carbocycles. The highest BCUT2D eigenvalue weighted by atomic mass is 35.5. The second kappa shape index (κ2) is 7.93. The van der Waals surface area contributed by atoms with E-state index in [9.17, 15) is 14.3 Å². The average molecular weight is 446 g/mol. The zero-order valence-corrected chi connectivity index (χ0v) is 17.3. The van der Waals surface area contributed by atoms with Crippen LogP contribution < -0.4 is 10.2 Å². The van der Waals surface area contributed by atoms with Crippen molar-refractivity contribution in [3.8, 4) is 0 Å². The molecule has 2 aromatic heterocycles. The minimum Gasteiger partial charge on any atom is -0.391 e. The van der Waals surface area contributed by atoms with Crippen molar-refractivity contribution in [3.63, 3.8) is 0 Å². The topological polar surface area (TPSA) is 110 Å². The van der Waals surface area contributed by atoms with Gasteiger partial charge >= 0.3 is 6.03 Å². The zero-order chi connectivity index (χ0) is 21.5. The summed E-state index contributed by atoms with van der Waals surface area (Å²) < 4.78 is 13.8. The SMILES string of the molecule is O=C(Nc1n[nH]c2cnc(N3CCC[C@@H]3c3cc(F)ccc3Cl)nc12)N1CCC(O)C1. The Labute approximate surface area is 182 Å². The number of anilines is 2. The van der Waals surface area contributed by atoms with E-state index in [0.29, 0.717) is 52.9 Å². The lowest BCUT2D eigenvalue weighted by Gasteiger charge is -2.25. The van der Waals surface area contributed by atoms with Gasteiger partial charge in [0.1, 0.15) is 16.9 Å². The van der Waals surface area contributed by atoms with Gasteiger partial charge in [-0.3, -0.25) is 10.4 Å². The number of hydrogen-bond acceptors (Lipinski definition) is 6. The smallest absolute Gasteiger partial charge is 0.323 e. The number of likely N-dealkylation sites (tertiary alicyclic amines) is 1. The number of amides is 2. The number of nitrogens with zero attached hydrogens (tertiary/aromatic N) is 5. The molecule has 11 heteroatoms. The van der Waals surface area contributed by atoms with Gasteiger partial charge in [0.25, 0.3) is 0 Å². The molecular weight excluding hydrogens is 425 g/mol. The second-order valence-electron chi connectivity index (χ2n) is 7.84. The predicted molar refractivity (Wildman–Crippen MR) is 114 cm³/mol. The number of urea groups is 1. The first-order valence-electron chi connectivity index (χ1n) is 10.2. The van der Waals surface area contributed by atoms with Crippen LogP contribution in [-0.2, 0) is 0 Å². The number of halogens is 2. The van der Waals surface area contributed by atoms with Gasteiger partial charge in [-0.05, 0) is 43.0 Å². The van der Waals surface area contributed by atoms with Gasteiger partial charge in [-0.25, -0.2) is 19.2 Å². The lowest BCUT2D eigenvalue weighted by molar-refractivity contribution is 0.176. The number of benzene rings is 1. The molecular formula is C20H21ClFN7O2. The Kier molecular flexibility index (Phi) is 5.11. The molecule has 2 saturated heterocycles. The Morgan fingerprint density at radius 1 is 1.32 bits per heavy atom. The summed E-state index contributed by atoms with van der Waals surface area (Å²) in [4.78, 5) is 25.1. The number of aliphatic hydroxyl groups excluding tert-OH is 1. The van der Waals surface area contributed by atoms with E-state index >= 15 is 0 Å². The molecule has 1 aromatic carbocycles. The molecule has 0 saturated carbocycles. The number of carbonyl (C=O) groups excluding carboxylic acids is 1. The summed E-state index contributed by atoms with van der Waals surface area (Å²) in [6, 6.07) is 3.88. The lowest BCUT2D eigenvalue weighted by atomic mass is 10.0. The van der Waals surface area contributed by atoms with Crippen LogP contribution in [0.4, 0.5) is 21.0 Å². The minimum absolute atomic E-state index is 0.142. The number of rotatable bonds is 3. The second-order valence-corrected chi connectivity index (χ2v) is 8.25. The average Bonchev–Trinajstić information content (AvgIpc) is 3.49. The van der Waals surface area contributed by atoms with E-state index in [1.807, 2.05) is 4.90 Å². The molecule has 31 heavy (non-hydrogen) atoms. The van der Waals surface area contributed by atoms with Gasteiger partial charge in [-0.2, -0.15) is 5.10 Å². The summed E-state index contributed by atoms with van der Waals surface area (Å²) in [5.41, 5.74) is 1.77. The van der Waals surface area contributed by atoms with Crippen LogP contribution in [0.25, 0.3) is 11.0 Å². The maximum absolute atomic E-state index is 13.8. The largest absolute Gasteiger partial charge is 0.391 e. The third kappa shape index (κ3) is 3.77. The van der Waals surface area contributed by atoms with Gasteiger partial charge in [0, 0.05) is 24.7 Å². The summed E-state index contributed by atoms with van der Waals surface area (Å²) in [5.74, 6) is 0.419. The molecule has 3 aromatic rings. The number of β-amino-alcohol motifs (C(OH)–C–C–N with tert-alkyl or cyclic N) is 1. The summed E-state index contributed by atoms with van der Waals surface area (Å²) in [6.45, 7) is 1.48. The predicted octanol–water partition coefficient (Wildman–Crippen LogP) is 3.09. The van der Waals surface area contributed by atoms with Gasteiger partial charge < -0.3 is 14.9 Å². The highest BCUT2D eigenvalue weighted by Gasteiger charge is 2.31. The number of aromatic amines is 1. The molecule has 2 aliphatic rings. The van der Waals surface area contributed by atoms with Crippen LogP contribution in [-0.4, -0.2) is 61.9 Å². The van der Waals surface area contributed by atoms with Crippen molar-refractivity contribution in [2.75, 3.05) is 29.9 Å². The van der Waals surface area contributed by atoms with Crippen LogP contribution in [0.5, 0.6) is 0 Å². The normalized spacial score (nSPS) is 21.3. The van der Waals surface area contributed by atoms with Gasteiger partial charge in [0.2, 0.25) is 5.95 Å². The standard InChI is InChI=1S/C20H21ClFN7O2/c21-14-4-3-11(22)8-13(14)16-2-1-6-29(16)19-23-9-15-17(24-19)18(27-26-15)25-20(31)28-7-5-12(30)10-28/h3-4,8-9,12,16,30H,1-2,5-7,10H2,(H2,25,26,27,31)/t12?,16-/m1/s1. The molecule has 0 spiro atoms. The summed E-state index contributed by atoms with van der Waals surface area (Å²) in [5, 5.41) is 19.9. The Bertz CT molecular complexity index is 1140. The van der Waals surface area contributed by atoms with Crippen molar-refractivity contribution in [1.82, 2.24) is 25.1 Å². The van der Waals surface area contributed by atoms with Crippen LogP contribution >= 0.6 is 11.6 Å². The Balaban J connectivity index is 1.43. The first kappa shape index (κ1) is 20.0. The van der Waals surface area contributed by atoms with Crippen molar-refractivity contribution in [2.24, 2.45) is 0 Å². The van der Waals surface area contributed by atoms with Crippen LogP contribution in [0.1, 0.15) is 30.9 Å². The highest BCUT2D eigenvalue weighted by Crippen LogP contribution is 2.38. The maximum Gasteiger partial charge on any atom is 0.323 e. The molecule has 2 amide bonds. The zero-order valence-electron chi connectivity index (χ0n) is 16.6. The van der Waals surface area contributed by atoms with Crippen molar-refractivity contribution in [1.29, 1.82) is 0 Å². The third-order valence-corrected chi connectivity index (χ3v) is 6.14. The van der Waals surface area contributed by atoms with Crippen molar-refractivity contribution in [2.45, 2.75) is 31.4 Å². The van der Waals surface area contributed by atoms with Gasteiger partial charge in [0.05, 0.1) is 18.3 Å². The fourth-order valence-corrected chi connectivity index (χ4v) is 4.48. The number of carbonyl (C=O) groups is 1. The Hall–Kier alpha value is -2.98. The number of aliphatic hydroxyl groups is 1. The number of fused-ring (bicyclic) bond motifs is 1. The highest BCUT2D eigenvalue weighted by molar-refractivity contribution is 6.31. The molecule has 0 bridgehead atoms. The Morgan fingerprint density at radius 2 is 2.19 bits per heavy atom. The van der Waals surface area contributed by atoms with Crippen molar-refractivity contribution in [3.05, 3.63) is 40.8 Å². The molecule has 3 N–H and O–H groups in total. The van der Waals surface area contributed by atoms with Gasteiger partial charge in [0.15, 0.2) is 5.82 Å². The molecule has 1 unspecified atom stereocenters. The monoisotopic (exact) mass is 445 g/mol. The molecule has 162 valence electrons. The van der Waals surface area contributed by atoms with E-state index in [1.54, 1.807) is 12.3 Å². The van der Waals surface area contributed by atoms with E-state index in [1.165, 1.54) is 17.0 Å². The molecule has 2 atom stereocenters. The van der Waals surface area contributed by atoms with Crippen LogP contribution in [0.2, 0.25) is 5.02 Å². The molecule has 4 heterocycles. The fraction of sp³-hybridized carbons (Fsp3) is 0.400. The lowest BCUT2D eigenvalue weighted by Crippen LogP contribution is -2.33. The summed E-state index contributed by atoms with van der Waals surface area (Å²) in [7, 11) is 0. The quantitative estimate of drug-likeness (QED) is 0.571. The first-order valence-corrected chi connectivity index (χ1v) is 10.5. The van der Waals surface area contributed by atoms with Gasteiger partial charge in [-0.1, -0.05) is 11.6 Å². The molecule has 9 nitrogen and oxygen atoms in total. The molecule has 2 fully saturated rings. The molecule has 0 radical (unpaired) electrons. The first-order chi connectivity index (χ1) is 15.0.